The minimum atomic E-state index is -1.14. The maximum Gasteiger partial charge on any atom is 0.344 e. The highest BCUT2D eigenvalue weighted by atomic mass is 16.6. The third-order valence-electron chi connectivity index (χ3n) is 1.51. The zero-order chi connectivity index (χ0) is 13.4. The molecule has 0 heterocycles. The average molecular weight is 257 g/mol. The molecule has 0 saturated heterocycles. The zero-order valence-electron chi connectivity index (χ0n) is 10.1. The van der Waals surface area contributed by atoms with Gasteiger partial charge >= 0.3 is 17.9 Å². The molecule has 0 aromatic heterocycles. The summed E-state index contributed by atoms with van der Waals surface area (Å²) in [4.78, 5) is 32.2. The van der Waals surface area contributed by atoms with Gasteiger partial charge < -0.3 is 20.7 Å². The van der Waals surface area contributed by atoms with Crippen LogP contribution in [0.4, 0.5) is 0 Å². The topological polar surface area (TPSA) is 125 Å². The van der Waals surface area contributed by atoms with E-state index in [1.54, 1.807) is 0 Å². The second-order valence-corrected chi connectivity index (χ2v) is 2.96. The predicted molar refractivity (Wildman–Crippen MR) is 62.6 cm³/mol. The SMILES string of the molecule is C=CC(=O)OC(=O)C(C)=COC=C(C)C(=O)O.N. The first-order chi connectivity index (χ1) is 7.88. The molecule has 0 aliphatic carbocycles. The normalized spacial score (nSPS) is 11.0. The van der Waals surface area contributed by atoms with Gasteiger partial charge in [0.25, 0.3) is 0 Å². The Bertz CT molecular complexity index is 408. The number of carboxylic acids is 1. The number of hydrogen-bond acceptors (Lipinski definition) is 6. The summed E-state index contributed by atoms with van der Waals surface area (Å²) in [5, 5.41) is 8.49. The van der Waals surface area contributed by atoms with Crippen LogP contribution in [0.2, 0.25) is 0 Å². The second-order valence-electron chi connectivity index (χ2n) is 2.96. The first kappa shape index (κ1) is 18.0. The van der Waals surface area contributed by atoms with Crippen molar-refractivity contribution in [3.8, 4) is 0 Å². The fourth-order valence-electron chi connectivity index (χ4n) is 0.550. The van der Waals surface area contributed by atoms with Crippen molar-refractivity contribution in [3.63, 3.8) is 0 Å². The molecule has 7 heteroatoms. The number of hydrogen-bond donors (Lipinski definition) is 2. The van der Waals surface area contributed by atoms with E-state index in [1.165, 1.54) is 13.8 Å². The first-order valence-corrected chi connectivity index (χ1v) is 4.49. The van der Waals surface area contributed by atoms with E-state index in [0.29, 0.717) is 0 Å². The Hall–Kier alpha value is -2.41. The van der Waals surface area contributed by atoms with Gasteiger partial charge in [0.1, 0.15) is 12.5 Å². The highest BCUT2D eigenvalue weighted by Crippen LogP contribution is 2.00. The van der Waals surface area contributed by atoms with Crippen molar-refractivity contribution < 1.29 is 29.0 Å². The molecule has 0 saturated carbocycles. The molecule has 0 aliphatic rings. The van der Waals surface area contributed by atoms with Crippen molar-refractivity contribution in [2.75, 3.05) is 0 Å². The largest absolute Gasteiger partial charge is 0.478 e. The lowest BCUT2D eigenvalue weighted by Crippen LogP contribution is -2.10. The van der Waals surface area contributed by atoms with Gasteiger partial charge in [-0.15, -0.1) is 0 Å². The van der Waals surface area contributed by atoms with E-state index in [-0.39, 0.29) is 17.3 Å². The summed E-state index contributed by atoms with van der Waals surface area (Å²) < 4.78 is 9.00. The van der Waals surface area contributed by atoms with Crippen LogP contribution < -0.4 is 6.15 Å². The van der Waals surface area contributed by atoms with Gasteiger partial charge in [0, 0.05) is 6.08 Å². The summed E-state index contributed by atoms with van der Waals surface area (Å²) >= 11 is 0. The third kappa shape index (κ3) is 6.96. The highest BCUT2D eigenvalue weighted by molar-refractivity contribution is 5.98. The van der Waals surface area contributed by atoms with Crippen LogP contribution in [0.5, 0.6) is 0 Å². The van der Waals surface area contributed by atoms with E-state index in [2.05, 4.69) is 11.3 Å². The van der Waals surface area contributed by atoms with Crippen LogP contribution in [0, 0.1) is 0 Å². The highest BCUT2D eigenvalue weighted by Gasteiger charge is 2.09. The number of esters is 2. The molecule has 0 unspecified atom stereocenters. The van der Waals surface area contributed by atoms with Gasteiger partial charge in [-0.2, -0.15) is 0 Å². The van der Waals surface area contributed by atoms with E-state index in [1.807, 2.05) is 0 Å². The smallest absolute Gasteiger partial charge is 0.344 e. The van der Waals surface area contributed by atoms with Crippen molar-refractivity contribution in [1.29, 1.82) is 0 Å². The van der Waals surface area contributed by atoms with E-state index in [9.17, 15) is 14.4 Å². The summed E-state index contributed by atoms with van der Waals surface area (Å²) in [6, 6.07) is 0. The summed E-state index contributed by atoms with van der Waals surface area (Å²) in [7, 11) is 0. The van der Waals surface area contributed by atoms with Gasteiger partial charge in [-0.05, 0) is 13.8 Å². The molecule has 0 atom stereocenters. The quantitative estimate of drug-likeness (QED) is 0.329. The number of rotatable bonds is 5. The molecule has 0 spiro atoms. The second kappa shape index (κ2) is 8.71. The number of carboxylic acid groups (broad SMARTS) is 1. The van der Waals surface area contributed by atoms with Gasteiger partial charge in [-0.3, -0.25) is 0 Å². The lowest BCUT2D eigenvalue weighted by atomic mass is 10.3. The fourth-order valence-corrected chi connectivity index (χ4v) is 0.550. The zero-order valence-corrected chi connectivity index (χ0v) is 10.1. The van der Waals surface area contributed by atoms with Crippen molar-refractivity contribution in [1.82, 2.24) is 6.15 Å². The number of aliphatic carboxylic acids is 1. The van der Waals surface area contributed by atoms with Gasteiger partial charge in [-0.25, -0.2) is 14.4 Å². The van der Waals surface area contributed by atoms with Gasteiger partial charge in [0.15, 0.2) is 0 Å². The van der Waals surface area contributed by atoms with Crippen LogP contribution in [0.3, 0.4) is 0 Å². The summed E-state index contributed by atoms with van der Waals surface area (Å²) in [6.45, 7) is 5.80. The van der Waals surface area contributed by atoms with Crippen LogP contribution in [0.1, 0.15) is 13.8 Å². The van der Waals surface area contributed by atoms with Gasteiger partial charge in [0.2, 0.25) is 0 Å². The Kier molecular flexibility index (Phi) is 8.69. The number of ether oxygens (including phenoxy) is 2. The van der Waals surface area contributed by atoms with Gasteiger partial charge in [0.05, 0.1) is 11.1 Å². The molecule has 0 rings (SSSR count). The predicted octanol–water partition coefficient (Wildman–Crippen LogP) is 1.31. The molecule has 100 valence electrons. The molecule has 0 fully saturated rings. The maximum absolute atomic E-state index is 11.1. The Labute approximate surface area is 104 Å². The van der Waals surface area contributed by atoms with Gasteiger partial charge in [-0.1, -0.05) is 6.58 Å². The van der Waals surface area contributed by atoms with E-state index < -0.39 is 17.9 Å². The Morgan fingerprint density at radius 1 is 1.11 bits per heavy atom. The minimum absolute atomic E-state index is 0. The number of carbonyl (C=O) groups is 3. The Morgan fingerprint density at radius 2 is 1.61 bits per heavy atom. The van der Waals surface area contributed by atoms with Crippen molar-refractivity contribution in [3.05, 3.63) is 36.3 Å². The van der Waals surface area contributed by atoms with Crippen LogP contribution >= 0.6 is 0 Å². The molecule has 0 radical (unpaired) electrons. The van der Waals surface area contributed by atoms with E-state index >= 15 is 0 Å². The third-order valence-corrected chi connectivity index (χ3v) is 1.51. The fraction of sp³-hybridized carbons (Fsp3) is 0.182. The summed E-state index contributed by atoms with van der Waals surface area (Å²) in [5.74, 6) is -2.91. The summed E-state index contributed by atoms with van der Waals surface area (Å²) in [5.41, 5.74) is -0.0285. The van der Waals surface area contributed by atoms with Crippen molar-refractivity contribution >= 4 is 17.9 Å². The van der Waals surface area contributed by atoms with E-state index in [4.69, 9.17) is 9.84 Å². The molecular weight excluding hydrogens is 242 g/mol. The lowest BCUT2D eigenvalue weighted by Gasteiger charge is -1.99. The van der Waals surface area contributed by atoms with Crippen molar-refractivity contribution in [2.24, 2.45) is 0 Å². The van der Waals surface area contributed by atoms with Crippen LogP contribution in [0.25, 0.3) is 0 Å². The van der Waals surface area contributed by atoms with E-state index in [0.717, 1.165) is 18.6 Å². The van der Waals surface area contributed by atoms with Crippen LogP contribution in [-0.4, -0.2) is 23.0 Å². The number of carbonyl (C=O) groups excluding carboxylic acids is 2. The molecule has 7 nitrogen and oxygen atoms in total. The summed E-state index contributed by atoms with van der Waals surface area (Å²) in [6.07, 6.45) is 2.78. The lowest BCUT2D eigenvalue weighted by molar-refractivity contribution is -0.153. The molecule has 0 aliphatic heterocycles. The monoisotopic (exact) mass is 257 g/mol. The van der Waals surface area contributed by atoms with Crippen LogP contribution in [-0.2, 0) is 23.9 Å². The molecule has 18 heavy (non-hydrogen) atoms. The van der Waals surface area contributed by atoms with Crippen molar-refractivity contribution in [2.45, 2.75) is 13.8 Å². The average Bonchev–Trinajstić information content (AvgIpc) is 2.28. The standard InChI is InChI=1S/C11H12O6.H3N/c1-4-9(12)17-11(15)8(3)6-16-5-7(2)10(13)14;/h4-6H,1H2,2-3H3,(H,13,14);1H3. The Balaban J connectivity index is 0. The van der Waals surface area contributed by atoms with Crippen LogP contribution in [0.15, 0.2) is 36.3 Å². The Morgan fingerprint density at radius 3 is 2.06 bits per heavy atom. The molecule has 0 aromatic rings. The molecular formula is C11H15NO6. The molecule has 0 amide bonds. The molecule has 4 N–H and O–H groups in total. The minimum Gasteiger partial charge on any atom is -0.478 e. The maximum atomic E-state index is 11.1. The first-order valence-electron chi connectivity index (χ1n) is 4.49. The molecule has 0 aromatic carbocycles. The molecule has 0 bridgehead atoms.